The van der Waals surface area contributed by atoms with Crippen LogP contribution in [0.4, 0.5) is 0 Å². The van der Waals surface area contributed by atoms with Crippen molar-refractivity contribution in [1.29, 1.82) is 0 Å². The number of nitro groups is 1. The van der Waals surface area contributed by atoms with E-state index in [1.165, 1.54) is 12.2 Å². The number of nitrogens with zero attached hydrogens (tertiary/aromatic N) is 3. The van der Waals surface area contributed by atoms with Crippen LogP contribution in [0, 0.1) is 16.0 Å². The number of rotatable bonds is 8. The molecule has 0 radical (unpaired) electrons. The lowest BCUT2D eigenvalue weighted by atomic mass is 10.0. The molecule has 18 heavy (non-hydrogen) atoms. The average molecular weight is 263 g/mol. The Hall–Kier alpha value is -1.45. The van der Waals surface area contributed by atoms with Gasteiger partial charge >= 0.3 is 0 Å². The first kappa shape index (κ1) is 16.6. The quantitative estimate of drug-likeness (QED) is 0.132. The molecule has 0 saturated heterocycles. The Labute approximate surface area is 106 Å². The van der Waals surface area contributed by atoms with E-state index in [1.807, 2.05) is 6.92 Å². The molecule has 0 heterocycles. The number of guanidine groups is 1. The molecule has 106 valence electrons. The van der Waals surface area contributed by atoms with Gasteiger partial charge in [-0.2, -0.15) is 5.06 Å². The first-order valence-electron chi connectivity index (χ1n) is 5.54. The molecular formula is C9H21N5O4. The molecule has 0 spiro atoms. The highest BCUT2D eigenvalue weighted by Crippen LogP contribution is 2.13. The highest BCUT2D eigenvalue weighted by Gasteiger charge is 2.18. The van der Waals surface area contributed by atoms with Crippen molar-refractivity contribution in [3.8, 4) is 0 Å². The minimum atomic E-state index is -0.765. The molecule has 0 aliphatic heterocycles. The van der Waals surface area contributed by atoms with Gasteiger partial charge < -0.3 is 15.7 Å². The number of nitrogens with one attached hydrogen (secondary N) is 1. The van der Waals surface area contributed by atoms with E-state index in [4.69, 9.17) is 10.6 Å². The van der Waals surface area contributed by atoms with Crippen LogP contribution in [0.15, 0.2) is 4.99 Å². The van der Waals surface area contributed by atoms with E-state index in [-0.39, 0.29) is 11.9 Å². The Balaban J connectivity index is 3.87. The molecule has 0 aromatic rings. The van der Waals surface area contributed by atoms with E-state index < -0.39 is 11.3 Å². The van der Waals surface area contributed by atoms with E-state index >= 15 is 0 Å². The topological polar surface area (TPSA) is 126 Å². The number of aliphatic imine (C=N–C) groups is 1. The molecule has 0 aromatic heterocycles. The van der Waals surface area contributed by atoms with Crippen molar-refractivity contribution in [2.24, 2.45) is 16.6 Å². The van der Waals surface area contributed by atoms with Crippen molar-refractivity contribution < 1.29 is 15.0 Å². The summed E-state index contributed by atoms with van der Waals surface area (Å²) in [5, 5.41) is 20.4. The first-order valence-corrected chi connectivity index (χ1v) is 5.54. The number of hydrogen-bond acceptors (Lipinski definition) is 6. The predicted octanol–water partition coefficient (Wildman–Crippen LogP) is -0.690. The van der Waals surface area contributed by atoms with Gasteiger partial charge in [-0.05, 0) is 18.8 Å². The maximum absolute atomic E-state index is 10.0. The summed E-state index contributed by atoms with van der Waals surface area (Å²) < 4.78 is 0. The summed E-state index contributed by atoms with van der Waals surface area (Å²) >= 11 is 0. The van der Waals surface area contributed by atoms with Crippen molar-refractivity contribution in [1.82, 2.24) is 10.5 Å². The van der Waals surface area contributed by atoms with Gasteiger partial charge in [-0.25, -0.2) is 15.1 Å². The molecule has 1 unspecified atom stereocenters. The molecular weight excluding hydrogens is 242 g/mol. The second-order valence-corrected chi connectivity index (χ2v) is 3.90. The molecule has 9 heteroatoms. The number of aliphatic hydroxyl groups excluding tert-OH is 1. The molecule has 0 bridgehead atoms. The van der Waals surface area contributed by atoms with E-state index in [1.54, 1.807) is 12.5 Å². The Morgan fingerprint density at radius 1 is 1.72 bits per heavy atom. The van der Waals surface area contributed by atoms with Crippen LogP contribution in [0.5, 0.6) is 0 Å². The molecule has 0 amide bonds. The third-order valence-corrected chi connectivity index (χ3v) is 2.48. The fraction of sp³-hybridized carbons (Fsp3) is 0.889. The fourth-order valence-electron chi connectivity index (χ4n) is 1.36. The summed E-state index contributed by atoms with van der Waals surface area (Å²) in [5.74, 6) is -0.225. The Morgan fingerprint density at radius 3 is 2.83 bits per heavy atom. The molecule has 9 nitrogen and oxygen atoms in total. The van der Waals surface area contributed by atoms with Crippen LogP contribution in [0.2, 0.25) is 0 Å². The summed E-state index contributed by atoms with van der Waals surface area (Å²) in [6.07, 6.45) is 0.660. The van der Waals surface area contributed by atoms with Crippen LogP contribution < -0.4 is 11.2 Å². The van der Waals surface area contributed by atoms with Gasteiger partial charge in [0.25, 0.3) is 5.96 Å². The molecule has 2 atom stereocenters. The van der Waals surface area contributed by atoms with Crippen LogP contribution in [0.1, 0.15) is 19.8 Å². The zero-order valence-electron chi connectivity index (χ0n) is 10.9. The summed E-state index contributed by atoms with van der Waals surface area (Å²) in [4.78, 5) is 18.7. The maximum atomic E-state index is 10.0. The lowest BCUT2D eigenvalue weighted by Gasteiger charge is -2.26. The Kier molecular flexibility index (Phi) is 7.92. The van der Waals surface area contributed by atoms with Crippen molar-refractivity contribution in [2.45, 2.75) is 26.0 Å². The van der Waals surface area contributed by atoms with Gasteiger partial charge in [0.15, 0.2) is 5.03 Å². The van der Waals surface area contributed by atoms with Crippen molar-refractivity contribution in [3.05, 3.63) is 10.1 Å². The van der Waals surface area contributed by atoms with Crippen molar-refractivity contribution in [2.75, 3.05) is 20.7 Å². The Bertz CT molecular complexity index is 286. The summed E-state index contributed by atoms with van der Waals surface area (Å²) in [7, 11) is 3.11. The second kappa shape index (κ2) is 8.61. The number of hydrazine groups is 1. The lowest BCUT2D eigenvalue weighted by Crippen LogP contribution is -2.36. The van der Waals surface area contributed by atoms with E-state index in [9.17, 15) is 15.2 Å². The van der Waals surface area contributed by atoms with E-state index in [2.05, 4.69) is 4.99 Å². The molecule has 0 saturated carbocycles. The van der Waals surface area contributed by atoms with Gasteiger partial charge in [0, 0.05) is 13.6 Å². The molecule has 0 aromatic carbocycles. The average Bonchev–Trinajstić information content (AvgIpc) is 2.31. The highest BCUT2D eigenvalue weighted by atomic mass is 16.7. The third kappa shape index (κ3) is 6.99. The SMILES string of the molecule is CON(C)[C@@H](O)C(C)CCCN=C(N)N[N+](=O)[O-]. The largest absolute Gasteiger partial charge is 0.376 e. The molecule has 4 N–H and O–H groups in total. The number of hydrogen-bond donors (Lipinski definition) is 3. The van der Waals surface area contributed by atoms with Crippen molar-refractivity contribution >= 4 is 5.96 Å². The molecule has 0 aliphatic carbocycles. The highest BCUT2D eigenvalue weighted by molar-refractivity contribution is 5.76. The van der Waals surface area contributed by atoms with Gasteiger partial charge in [0.05, 0.1) is 7.11 Å². The summed E-state index contributed by atoms with van der Waals surface area (Å²) in [6.45, 7) is 2.24. The monoisotopic (exact) mass is 263 g/mol. The summed E-state index contributed by atoms with van der Waals surface area (Å²) in [5.41, 5.74) is 6.99. The maximum Gasteiger partial charge on any atom is 0.251 e. The molecule has 0 fully saturated rings. The van der Waals surface area contributed by atoms with Crippen molar-refractivity contribution in [3.63, 3.8) is 0 Å². The second-order valence-electron chi connectivity index (χ2n) is 3.90. The van der Waals surface area contributed by atoms with Gasteiger partial charge in [-0.15, -0.1) is 0 Å². The van der Waals surface area contributed by atoms with Crippen LogP contribution in [0.25, 0.3) is 0 Å². The molecule has 0 aliphatic rings. The van der Waals surface area contributed by atoms with Crippen LogP contribution in [0.3, 0.4) is 0 Å². The zero-order chi connectivity index (χ0) is 14.1. The van der Waals surface area contributed by atoms with Crippen LogP contribution >= 0.6 is 0 Å². The Morgan fingerprint density at radius 2 is 2.33 bits per heavy atom. The lowest BCUT2D eigenvalue weighted by molar-refractivity contribution is -0.525. The zero-order valence-corrected chi connectivity index (χ0v) is 10.9. The first-order chi connectivity index (χ1) is 8.38. The number of nitrogens with two attached hydrogens (primary N) is 1. The summed E-state index contributed by atoms with van der Waals surface area (Å²) in [6, 6.07) is 0. The predicted molar refractivity (Wildman–Crippen MR) is 65.8 cm³/mol. The minimum Gasteiger partial charge on any atom is -0.376 e. The van der Waals surface area contributed by atoms with Gasteiger partial charge in [0.1, 0.15) is 6.23 Å². The van der Waals surface area contributed by atoms with Gasteiger partial charge in [-0.1, -0.05) is 12.3 Å². The fourth-order valence-corrected chi connectivity index (χ4v) is 1.36. The standard InChI is InChI=1S/C9H21N5O4/c1-7(8(15)13(2)18-3)5-4-6-11-9(10)12-14(16)17/h7-8,15H,4-6H2,1-3H3,(H3,10,11,12)/t7?,8-/m0/s1. The van der Waals surface area contributed by atoms with E-state index in [0.717, 1.165) is 0 Å². The van der Waals surface area contributed by atoms with Crippen LogP contribution in [-0.4, -0.2) is 48.1 Å². The number of hydroxylamine groups is 2. The van der Waals surface area contributed by atoms with Gasteiger partial charge in [0.2, 0.25) is 0 Å². The number of aliphatic hydroxyl groups is 1. The normalized spacial score (nSPS) is 15.5. The van der Waals surface area contributed by atoms with Gasteiger partial charge in [-0.3, -0.25) is 0 Å². The third-order valence-electron chi connectivity index (χ3n) is 2.48. The van der Waals surface area contributed by atoms with Crippen LogP contribution in [-0.2, 0) is 4.84 Å². The van der Waals surface area contributed by atoms with E-state index in [0.29, 0.717) is 19.4 Å². The molecule has 0 rings (SSSR count). The minimum absolute atomic E-state index is 0.00477. The smallest absolute Gasteiger partial charge is 0.251 e.